The van der Waals surface area contributed by atoms with Crippen LogP contribution in [0.2, 0.25) is 5.02 Å². The average Bonchev–Trinajstić information content (AvgIpc) is 3.20. The van der Waals surface area contributed by atoms with E-state index in [1.165, 1.54) is 6.42 Å². The van der Waals surface area contributed by atoms with Crippen molar-refractivity contribution in [2.45, 2.75) is 44.4 Å². The molecule has 0 saturated heterocycles. The van der Waals surface area contributed by atoms with E-state index in [-0.39, 0.29) is 6.10 Å². The third kappa shape index (κ3) is 2.63. The first kappa shape index (κ1) is 15.0. The van der Waals surface area contributed by atoms with E-state index in [1.54, 1.807) is 0 Å². The number of rotatable bonds is 3. The number of hydrogen-bond acceptors (Lipinski definition) is 6. The van der Waals surface area contributed by atoms with E-state index in [0.717, 1.165) is 24.1 Å². The lowest BCUT2D eigenvalue weighted by Crippen LogP contribution is -2.22. The minimum Gasteiger partial charge on any atom is -0.365 e. The quantitative estimate of drug-likeness (QED) is 0.713. The van der Waals surface area contributed by atoms with Crippen molar-refractivity contribution in [3.63, 3.8) is 0 Å². The van der Waals surface area contributed by atoms with Crippen molar-refractivity contribution in [2.75, 3.05) is 0 Å². The van der Waals surface area contributed by atoms with Crippen LogP contribution in [-0.2, 0) is 17.9 Å². The molecule has 0 radical (unpaired) electrons. The molecule has 1 unspecified atom stereocenters. The number of halogens is 1. The maximum Gasteiger partial charge on any atom is 0.230 e. The van der Waals surface area contributed by atoms with Crippen LogP contribution in [0.3, 0.4) is 0 Å². The zero-order valence-electron chi connectivity index (χ0n) is 13.4. The summed E-state index contributed by atoms with van der Waals surface area (Å²) in [6, 6.07) is 7.67. The summed E-state index contributed by atoms with van der Waals surface area (Å²) >= 11 is 5.95. The fraction of sp³-hybridized carbons (Fsp3) is 0.412. The second-order valence-electron chi connectivity index (χ2n) is 6.50. The fourth-order valence-corrected chi connectivity index (χ4v) is 3.34. The molecule has 2 aromatic heterocycles. The molecule has 0 amide bonds. The van der Waals surface area contributed by atoms with Gasteiger partial charge < -0.3 is 9.26 Å². The molecule has 1 saturated carbocycles. The zero-order valence-corrected chi connectivity index (χ0v) is 14.2. The van der Waals surface area contributed by atoms with Crippen LogP contribution in [0.25, 0.3) is 11.5 Å². The van der Waals surface area contributed by atoms with Crippen molar-refractivity contribution in [2.24, 2.45) is 0 Å². The molecular weight excluding hydrogens is 342 g/mol. The fourth-order valence-electron chi connectivity index (χ4n) is 3.22. The largest absolute Gasteiger partial charge is 0.365 e. The molecular formula is C17H16ClN5O2. The monoisotopic (exact) mass is 357 g/mol. The van der Waals surface area contributed by atoms with Crippen LogP contribution in [0, 0.1) is 0 Å². The van der Waals surface area contributed by atoms with E-state index in [1.807, 2.05) is 28.9 Å². The molecule has 3 heterocycles. The van der Waals surface area contributed by atoms with Gasteiger partial charge in [0.1, 0.15) is 6.10 Å². The Bertz CT molecular complexity index is 900. The number of benzene rings is 1. The SMILES string of the molecule is Clc1ccc(C2Cn3nnc(-c4noc(C5CCC5)n4)c3CO2)cc1. The Morgan fingerprint density at radius 2 is 2.00 bits per heavy atom. The molecule has 0 spiro atoms. The predicted molar refractivity (Wildman–Crippen MR) is 88.9 cm³/mol. The van der Waals surface area contributed by atoms with E-state index in [9.17, 15) is 0 Å². The second-order valence-corrected chi connectivity index (χ2v) is 6.94. The summed E-state index contributed by atoms with van der Waals surface area (Å²) in [4.78, 5) is 4.51. The highest BCUT2D eigenvalue weighted by molar-refractivity contribution is 6.30. The van der Waals surface area contributed by atoms with Crippen molar-refractivity contribution < 1.29 is 9.26 Å². The summed E-state index contributed by atoms with van der Waals surface area (Å²) in [5.74, 6) is 1.61. The van der Waals surface area contributed by atoms with Gasteiger partial charge in [0.25, 0.3) is 0 Å². The van der Waals surface area contributed by atoms with Gasteiger partial charge in [-0.1, -0.05) is 40.5 Å². The topological polar surface area (TPSA) is 78.9 Å². The van der Waals surface area contributed by atoms with Crippen molar-refractivity contribution >= 4 is 11.6 Å². The molecule has 1 aliphatic heterocycles. The number of ether oxygens (including phenoxy) is 1. The van der Waals surface area contributed by atoms with E-state index in [4.69, 9.17) is 20.9 Å². The summed E-state index contributed by atoms with van der Waals surface area (Å²) in [5.41, 5.74) is 2.59. The van der Waals surface area contributed by atoms with Gasteiger partial charge in [-0.25, -0.2) is 4.68 Å². The molecule has 1 aromatic carbocycles. The maximum atomic E-state index is 6.01. The van der Waals surface area contributed by atoms with Crippen LogP contribution in [0.1, 0.15) is 48.4 Å². The summed E-state index contributed by atoms with van der Waals surface area (Å²) in [6.45, 7) is 1.00. The van der Waals surface area contributed by atoms with Crippen LogP contribution in [0.15, 0.2) is 28.8 Å². The Hall–Kier alpha value is -2.25. The molecule has 1 atom stereocenters. The number of hydrogen-bond donors (Lipinski definition) is 0. The summed E-state index contributed by atoms with van der Waals surface area (Å²) < 4.78 is 13.3. The molecule has 0 N–H and O–H groups in total. The first-order valence-electron chi connectivity index (χ1n) is 8.41. The Kier molecular flexibility index (Phi) is 3.57. The molecule has 8 heteroatoms. The minimum absolute atomic E-state index is 0.0740. The third-order valence-electron chi connectivity index (χ3n) is 4.95. The van der Waals surface area contributed by atoms with Crippen molar-refractivity contribution in [3.05, 3.63) is 46.4 Å². The van der Waals surface area contributed by atoms with E-state index in [2.05, 4.69) is 20.5 Å². The molecule has 7 nitrogen and oxygen atoms in total. The lowest BCUT2D eigenvalue weighted by atomic mass is 9.85. The Labute approximate surface area is 148 Å². The first-order valence-corrected chi connectivity index (χ1v) is 8.79. The van der Waals surface area contributed by atoms with Crippen molar-refractivity contribution in [1.82, 2.24) is 25.1 Å². The highest BCUT2D eigenvalue weighted by Gasteiger charge is 2.30. The Morgan fingerprint density at radius 3 is 2.76 bits per heavy atom. The highest BCUT2D eigenvalue weighted by Crippen LogP contribution is 2.36. The normalized spacial score (nSPS) is 20.3. The molecule has 1 aliphatic carbocycles. The smallest absolute Gasteiger partial charge is 0.230 e. The lowest BCUT2D eigenvalue weighted by Gasteiger charge is -2.24. The minimum atomic E-state index is -0.0740. The molecule has 1 fully saturated rings. The van der Waals surface area contributed by atoms with Gasteiger partial charge in [0, 0.05) is 10.9 Å². The summed E-state index contributed by atoms with van der Waals surface area (Å²) in [6.07, 6.45) is 3.39. The Morgan fingerprint density at radius 1 is 1.16 bits per heavy atom. The van der Waals surface area contributed by atoms with Gasteiger partial charge in [0.2, 0.25) is 11.7 Å². The van der Waals surface area contributed by atoms with Gasteiger partial charge in [-0.3, -0.25) is 0 Å². The van der Waals surface area contributed by atoms with Crippen LogP contribution >= 0.6 is 11.6 Å². The third-order valence-corrected chi connectivity index (χ3v) is 5.20. The molecule has 25 heavy (non-hydrogen) atoms. The van der Waals surface area contributed by atoms with E-state index >= 15 is 0 Å². The average molecular weight is 358 g/mol. The second kappa shape index (κ2) is 5.93. The number of aromatic nitrogens is 5. The summed E-state index contributed by atoms with van der Waals surface area (Å²) in [5, 5.41) is 13.3. The molecule has 2 aliphatic rings. The van der Waals surface area contributed by atoms with Gasteiger partial charge >= 0.3 is 0 Å². The first-order chi connectivity index (χ1) is 12.3. The zero-order chi connectivity index (χ0) is 16.8. The standard InChI is InChI=1S/C17H16ClN5O2/c18-12-6-4-10(5-7-12)14-8-23-13(9-24-14)15(20-22-23)16-19-17(25-21-16)11-2-1-3-11/h4-7,11,14H,1-3,8-9H2. The molecule has 0 bridgehead atoms. The van der Waals surface area contributed by atoms with Gasteiger partial charge in [0.05, 0.1) is 18.8 Å². The number of nitrogens with zero attached hydrogens (tertiary/aromatic N) is 5. The summed E-state index contributed by atoms with van der Waals surface area (Å²) in [7, 11) is 0. The molecule has 3 aromatic rings. The Balaban J connectivity index is 1.39. The van der Waals surface area contributed by atoms with E-state index < -0.39 is 0 Å². The lowest BCUT2D eigenvalue weighted by molar-refractivity contribution is -0.00111. The van der Waals surface area contributed by atoms with Crippen LogP contribution in [-0.4, -0.2) is 25.1 Å². The van der Waals surface area contributed by atoms with E-state index in [0.29, 0.717) is 41.5 Å². The maximum absolute atomic E-state index is 6.01. The highest BCUT2D eigenvalue weighted by atomic mass is 35.5. The van der Waals surface area contributed by atoms with Crippen molar-refractivity contribution in [1.29, 1.82) is 0 Å². The van der Waals surface area contributed by atoms with Crippen LogP contribution in [0.4, 0.5) is 0 Å². The van der Waals surface area contributed by atoms with Gasteiger partial charge in [-0.2, -0.15) is 4.98 Å². The number of fused-ring (bicyclic) bond motifs is 1. The van der Waals surface area contributed by atoms with Gasteiger partial charge in [-0.05, 0) is 30.5 Å². The molecule has 128 valence electrons. The molecule has 5 rings (SSSR count). The van der Waals surface area contributed by atoms with Gasteiger partial charge in [-0.15, -0.1) is 5.10 Å². The van der Waals surface area contributed by atoms with Crippen LogP contribution < -0.4 is 0 Å². The predicted octanol–water partition coefficient (Wildman–Crippen LogP) is 3.52. The van der Waals surface area contributed by atoms with Gasteiger partial charge in [0.15, 0.2) is 5.69 Å². The van der Waals surface area contributed by atoms with Crippen LogP contribution in [0.5, 0.6) is 0 Å². The van der Waals surface area contributed by atoms with Crippen molar-refractivity contribution in [3.8, 4) is 11.5 Å².